The van der Waals surface area contributed by atoms with Gasteiger partial charge in [-0.3, -0.25) is 4.79 Å². The van der Waals surface area contributed by atoms with Crippen LogP contribution in [0.2, 0.25) is 0 Å². The summed E-state index contributed by atoms with van der Waals surface area (Å²) in [7, 11) is 0. The van der Waals surface area contributed by atoms with E-state index >= 15 is 0 Å². The Hall–Kier alpha value is -3.95. The number of carbonyl (C=O) groups excluding carboxylic acids is 1. The second kappa shape index (κ2) is 7.95. The van der Waals surface area contributed by atoms with E-state index in [1.807, 2.05) is 45.0 Å². The van der Waals surface area contributed by atoms with Crippen LogP contribution in [0.5, 0.6) is 11.5 Å². The molecule has 1 N–H and O–H groups in total. The van der Waals surface area contributed by atoms with E-state index in [4.69, 9.17) is 9.47 Å². The van der Waals surface area contributed by atoms with Crippen LogP contribution in [0, 0.1) is 6.92 Å². The monoisotopic (exact) mass is 433 g/mol. The molecule has 3 aromatic heterocycles. The van der Waals surface area contributed by atoms with Crippen molar-refractivity contribution >= 4 is 17.4 Å². The summed E-state index contributed by atoms with van der Waals surface area (Å²) >= 11 is 0. The third-order valence-corrected chi connectivity index (χ3v) is 5.41. The normalized spacial score (nSPS) is 15.5. The first-order valence-electron chi connectivity index (χ1n) is 10.6. The predicted molar refractivity (Wildman–Crippen MR) is 117 cm³/mol. The molecule has 0 saturated heterocycles. The quantitative estimate of drug-likeness (QED) is 0.498. The van der Waals surface area contributed by atoms with E-state index in [0.29, 0.717) is 54.2 Å². The maximum atomic E-state index is 12.6. The highest BCUT2D eigenvalue weighted by Crippen LogP contribution is 2.40. The molecule has 0 bridgehead atoms. The van der Waals surface area contributed by atoms with Gasteiger partial charge in [0, 0.05) is 17.9 Å². The molecule has 1 atom stereocenters. The third-order valence-electron chi connectivity index (χ3n) is 5.41. The molecule has 4 aromatic rings. The molecule has 4 heterocycles. The van der Waals surface area contributed by atoms with Gasteiger partial charge in [-0.15, -0.1) is 15.3 Å². The number of carbonyl (C=O) groups is 1. The van der Waals surface area contributed by atoms with Gasteiger partial charge in [-0.05, 0) is 50.6 Å². The van der Waals surface area contributed by atoms with Gasteiger partial charge in [0.1, 0.15) is 5.82 Å². The van der Waals surface area contributed by atoms with Crippen LogP contribution >= 0.6 is 0 Å². The molecule has 1 aromatic carbocycles. The second-order valence-corrected chi connectivity index (χ2v) is 7.45. The van der Waals surface area contributed by atoms with E-state index in [9.17, 15) is 4.79 Å². The van der Waals surface area contributed by atoms with Crippen LogP contribution in [-0.2, 0) is 4.79 Å². The average Bonchev–Trinajstić information content (AvgIpc) is 3.38. The number of hydrogen-bond donors (Lipinski definition) is 1. The number of ether oxygens (including phenoxy) is 2. The summed E-state index contributed by atoms with van der Waals surface area (Å²) in [5, 5.41) is 20.2. The topological polar surface area (TPSA) is 108 Å². The van der Waals surface area contributed by atoms with Crippen LogP contribution in [-0.4, -0.2) is 48.7 Å². The van der Waals surface area contributed by atoms with Crippen molar-refractivity contribution in [2.24, 2.45) is 0 Å². The lowest BCUT2D eigenvalue weighted by Gasteiger charge is -2.24. The Morgan fingerprint density at radius 2 is 1.91 bits per heavy atom. The van der Waals surface area contributed by atoms with Gasteiger partial charge in [-0.25, -0.2) is 0 Å². The number of nitrogens with one attached hydrogen (secondary N) is 1. The van der Waals surface area contributed by atoms with Crippen molar-refractivity contribution in [3.63, 3.8) is 0 Å². The van der Waals surface area contributed by atoms with Gasteiger partial charge >= 0.3 is 0 Å². The summed E-state index contributed by atoms with van der Waals surface area (Å²) in [6, 6.07) is 9.44. The summed E-state index contributed by atoms with van der Waals surface area (Å²) in [5.74, 6) is 2.95. The Kier molecular flexibility index (Phi) is 4.96. The summed E-state index contributed by atoms with van der Waals surface area (Å²) in [5.41, 5.74) is 2.52. The largest absolute Gasteiger partial charge is 0.490 e. The molecule has 164 valence electrons. The fraction of sp³-hybridized carbons (Fsp3) is 0.318. The standard InChI is InChI=1S/C22H23N7O3/c1-4-31-17-7-6-14(10-18(17)32-5-2)15-11-21(30)24-22-16(15)12-23-29(22)20-9-8-19-26-25-13(3)28(19)27-20/h6-10,12,15H,4-5,11H2,1-3H3,(H,24,30)/t15-/m1/s1. The van der Waals surface area contributed by atoms with Gasteiger partial charge in [0.15, 0.2) is 28.8 Å². The van der Waals surface area contributed by atoms with Gasteiger partial charge < -0.3 is 14.8 Å². The second-order valence-electron chi connectivity index (χ2n) is 7.45. The van der Waals surface area contributed by atoms with Gasteiger partial charge in [-0.1, -0.05) is 6.07 Å². The molecule has 1 aliphatic rings. The number of benzene rings is 1. The number of anilines is 1. The first kappa shape index (κ1) is 20.0. The molecule has 1 aliphatic heterocycles. The van der Waals surface area contributed by atoms with Crippen LogP contribution in [0.4, 0.5) is 5.82 Å². The Balaban J connectivity index is 1.57. The van der Waals surface area contributed by atoms with E-state index in [1.54, 1.807) is 21.5 Å². The number of fused-ring (bicyclic) bond motifs is 2. The molecule has 32 heavy (non-hydrogen) atoms. The first-order valence-corrected chi connectivity index (χ1v) is 10.6. The summed E-state index contributed by atoms with van der Waals surface area (Å²) in [4.78, 5) is 12.6. The lowest BCUT2D eigenvalue weighted by molar-refractivity contribution is -0.116. The van der Waals surface area contributed by atoms with E-state index < -0.39 is 0 Å². The molecule has 5 rings (SSSR count). The maximum absolute atomic E-state index is 12.6. The zero-order valence-electron chi connectivity index (χ0n) is 18.1. The number of aryl methyl sites for hydroxylation is 1. The summed E-state index contributed by atoms with van der Waals surface area (Å²) < 4.78 is 14.7. The highest BCUT2D eigenvalue weighted by atomic mass is 16.5. The molecule has 1 amide bonds. The number of amides is 1. The van der Waals surface area contributed by atoms with Crippen molar-refractivity contribution in [3.8, 4) is 17.3 Å². The van der Waals surface area contributed by atoms with E-state index in [1.165, 1.54) is 0 Å². The van der Waals surface area contributed by atoms with Crippen LogP contribution in [0.3, 0.4) is 0 Å². The van der Waals surface area contributed by atoms with Gasteiger partial charge in [0.25, 0.3) is 0 Å². The van der Waals surface area contributed by atoms with Crippen LogP contribution in [0.25, 0.3) is 11.5 Å². The average molecular weight is 433 g/mol. The molecular formula is C22H23N7O3. The van der Waals surface area contributed by atoms with Crippen LogP contribution < -0.4 is 14.8 Å². The van der Waals surface area contributed by atoms with Crippen molar-refractivity contribution < 1.29 is 14.3 Å². The van der Waals surface area contributed by atoms with E-state index in [-0.39, 0.29) is 11.8 Å². The lowest BCUT2D eigenvalue weighted by Crippen LogP contribution is -2.25. The van der Waals surface area contributed by atoms with Crippen LogP contribution in [0.1, 0.15) is 43.1 Å². The van der Waals surface area contributed by atoms with E-state index in [2.05, 4.69) is 25.7 Å². The molecule has 0 fully saturated rings. The predicted octanol–water partition coefficient (Wildman–Crippen LogP) is 2.89. The lowest BCUT2D eigenvalue weighted by atomic mass is 9.87. The number of aromatic nitrogens is 6. The SMILES string of the molecule is CCOc1ccc([C@H]2CC(=O)Nc3c2cnn3-c2ccc3nnc(C)n3n2)cc1OCC. The van der Waals surface area contributed by atoms with Crippen molar-refractivity contribution in [1.29, 1.82) is 0 Å². The minimum absolute atomic E-state index is 0.0855. The minimum atomic E-state index is -0.164. The van der Waals surface area contributed by atoms with E-state index in [0.717, 1.165) is 11.1 Å². The molecule has 0 radical (unpaired) electrons. The third kappa shape index (κ3) is 3.33. The number of nitrogens with zero attached hydrogens (tertiary/aromatic N) is 6. The molecular weight excluding hydrogens is 410 g/mol. The van der Waals surface area contributed by atoms with Crippen molar-refractivity contribution in [1.82, 2.24) is 29.6 Å². The molecule has 10 heteroatoms. The highest BCUT2D eigenvalue weighted by molar-refractivity contribution is 5.94. The first-order chi connectivity index (χ1) is 15.6. The smallest absolute Gasteiger partial charge is 0.226 e. The minimum Gasteiger partial charge on any atom is -0.490 e. The summed E-state index contributed by atoms with van der Waals surface area (Å²) in [6.07, 6.45) is 2.09. The molecule has 10 nitrogen and oxygen atoms in total. The Labute approximate surface area is 184 Å². The van der Waals surface area contributed by atoms with Gasteiger partial charge in [0.05, 0.1) is 19.4 Å². The van der Waals surface area contributed by atoms with Crippen molar-refractivity contribution in [3.05, 3.63) is 53.5 Å². The van der Waals surface area contributed by atoms with Gasteiger partial charge in [-0.2, -0.15) is 14.3 Å². The van der Waals surface area contributed by atoms with Crippen molar-refractivity contribution in [2.75, 3.05) is 18.5 Å². The number of rotatable bonds is 6. The molecule has 0 aliphatic carbocycles. The van der Waals surface area contributed by atoms with Crippen LogP contribution in [0.15, 0.2) is 36.5 Å². The zero-order chi connectivity index (χ0) is 22.2. The fourth-order valence-electron chi connectivity index (χ4n) is 3.97. The van der Waals surface area contributed by atoms with Crippen molar-refractivity contribution in [2.45, 2.75) is 33.1 Å². The molecule has 0 unspecified atom stereocenters. The Morgan fingerprint density at radius 1 is 1.09 bits per heavy atom. The fourth-order valence-corrected chi connectivity index (χ4v) is 3.97. The zero-order valence-corrected chi connectivity index (χ0v) is 18.1. The Morgan fingerprint density at radius 3 is 2.72 bits per heavy atom. The highest BCUT2D eigenvalue weighted by Gasteiger charge is 2.31. The Bertz CT molecular complexity index is 1310. The molecule has 0 saturated carbocycles. The summed E-state index contributed by atoms with van der Waals surface area (Å²) in [6.45, 7) is 6.76. The maximum Gasteiger partial charge on any atom is 0.226 e. The number of hydrogen-bond acceptors (Lipinski definition) is 7. The van der Waals surface area contributed by atoms with Gasteiger partial charge in [0.2, 0.25) is 5.91 Å². The molecule has 0 spiro atoms.